The summed E-state index contributed by atoms with van der Waals surface area (Å²) in [5.74, 6) is -1.71. The Bertz CT molecular complexity index is 1570. The molecule has 5 aliphatic heterocycles. The van der Waals surface area contributed by atoms with Crippen LogP contribution in [0.4, 0.5) is 0 Å². The van der Waals surface area contributed by atoms with Gasteiger partial charge in [0.05, 0.1) is 41.5 Å². The zero-order valence-corrected chi connectivity index (χ0v) is 37.8. The van der Waals surface area contributed by atoms with Gasteiger partial charge in [0.2, 0.25) is 0 Å². The first-order valence-electron chi connectivity index (χ1n) is 21.4. The molecule has 15 heteroatoms. The number of rotatable bonds is 9. The lowest BCUT2D eigenvalue weighted by Crippen LogP contribution is -2.61. The number of carbonyl (C=O) groups is 3. The molecule has 5 heterocycles. The standard InChI is InChI=1S/C44H72N2O13/c1-16-18-53-43(10)20-23(3)35(48)41(8)22-46(14)31-34(41)44(11,59-39(31)51)29(17-2)56-38(50)26(6)33(57-30-21-42(9,52-15)36(49)27(7)55-30)25(5)37(43)58-40-32(47)28(45(12)13)19-24(4)54-40/h1,23-34,36-37,40,47,49H,17-22H2,2-15H3/t23-,24-,25-,26-,27+,28+,29-,30+,31-,32-,33?,34-,36+,37-,40+,41-,42-,43+,44-/m1/s1. The highest BCUT2D eigenvalue weighted by molar-refractivity contribution is 5.91. The Morgan fingerprint density at radius 1 is 0.966 bits per heavy atom. The van der Waals surface area contributed by atoms with Gasteiger partial charge in [-0.15, -0.1) is 6.42 Å². The Morgan fingerprint density at radius 3 is 2.22 bits per heavy atom. The fourth-order valence-corrected chi connectivity index (χ4v) is 11.4. The molecule has 5 fully saturated rings. The van der Waals surface area contributed by atoms with Gasteiger partial charge in [0.15, 0.2) is 18.2 Å². The molecular weight excluding hydrogens is 764 g/mol. The van der Waals surface area contributed by atoms with E-state index in [1.54, 1.807) is 27.7 Å². The van der Waals surface area contributed by atoms with Crippen LogP contribution in [0.2, 0.25) is 0 Å². The first kappa shape index (κ1) is 47.8. The number of nitrogens with zero attached hydrogens (tertiary/aromatic N) is 2. The summed E-state index contributed by atoms with van der Waals surface area (Å²) in [4.78, 5) is 47.5. The van der Waals surface area contributed by atoms with Crippen LogP contribution in [-0.2, 0) is 52.3 Å². The Labute approximate surface area is 351 Å². The number of likely N-dealkylation sites (N-methyl/N-ethyl adjacent to an activating group) is 2. The van der Waals surface area contributed by atoms with Crippen molar-refractivity contribution in [3.63, 3.8) is 0 Å². The molecule has 5 saturated heterocycles. The molecule has 0 bridgehead atoms. The summed E-state index contributed by atoms with van der Waals surface area (Å²) < 4.78 is 51.5. The van der Waals surface area contributed by atoms with Gasteiger partial charge in [-0.1, -0.05) is 33.6 Å². The molecule has 1 unspecified atom stereocenters. The molecule has 5 aliphatic rings. The number of likely N-dealkylation sites (tertiary alicyclic amines) is 1. The van der Waals surface area contributed by atoms with E-state index >= 15 is 4.79 Å². The minimum Gasteiger partial charge on any atom is -0.458 e. The van der Waals surface area contributed by atoms with Gasteiger partial charge in [0, 0.05) is 49.3 Å². The summed E-state index contributed by atoms with van der Waals surface area (Å²) in [6.07, 6.45) is -1.18. The number of esters is 2. The van der Waals surface area contributed by atoms with Gasteiger partial charge < -0.3 is 53.0 Å². The third-order valence-electron chi connectivity index (χ3n) is 14.5. The van der Waals surface area contributed by atoms with Crippen molar-refractivity contribution in [2.45, 2.75) is 179 Å². The summed E-state index contributed by atoms with van der Waals surface area (Å²) in [6.45, 7) is 18.3. The number of hydrogen-bond donors (Lipinski definition) is 2. The molecule has 5 rings (SSSR count). The van der Waals surface area contributed by atoms with Gasteiger partial charge in [-0.05, 0) is 81.9 Å². The Kier molecular flexibility index (Phi) is 14.5. The molecule has 0 radical (unpaired) electrons. The largest absolute Gasteiger partial charge is 0.458 e. The lowest BCUT2D eigenvalue weighted by molar-refractivity contribution is -0.320. The Morgan fingerprint density at radius 2 is 1.63 bits per heavy atom. The summed E-state index contributed by atoms with van der Waals surface area (Å²) in [6, 6.07) is -1.04. The van der Waals surface area contributed by atoms with Crippen molar-refractivity contribution in [3.05, 3.63) is 0 Å². The maximum atomic E-state index is 15.2. The first-order valence-corrected chi connectivity index (χ1v) is 21.4. The van der Waals surface area contributed by atoms with Crippen molar-refractivity contribution in [3.8, 4) is 12.3 Å². The van der Waals surface area contributed by atoms with E-state index < -0.39 is 113 Å². The molecule has 0 saturated carbocycles. The maximum absolute atomic E-state index is 15.2. The monoisotopic (exact) mass is 837 g/mol. The average molecular weight is 837 g/mol. The molecule has 0 aromatic carbocycles. The van der Waals surface area contributed by atoms with Crippen molar-refractivity contribution in [2.75, 3.05) is 41.4 Å². The lowest BCUT2D eigenvalue weighted by Gasteiger charge is -2.50. The van der Waals surface area contributed by atoms with Crippen LogP contribution in [0.5, 0.6) is 0 Å². The number of Topliss-reactive ketones (excluding diaryl/α,β-unsaturated/α-hetero) is 1. The number of carbonyl (C=O) groups excluding carboxylic acids is 3. The maximum Gasteiger partial charge on any atom is 0.324 e. The predicted molar refractivity (Wildman–Crippen MR) is 216 cm³/mol. The summed E-state index contributed by atoms with van der Waals surface area (Å²) in [5, 5.41) is 22.9. The Hall–Kier alpha value is -2.23. The normalized spacial score (nSPS) is 48.9. The quantitative estimate of drug-likeness (QED) is 0.257. The van der Waals surface area contributed by atoms with Crippen LogP contribution in [0.3, 0.4) is 0 Å². The molecule has 0 aliphatic carbocycles. The lowest BCUT2D eigenvalue weighted by atomic mass is 9.62. The SMILES string of the molecule is C#CCO[C@@]1(C)C[C@@H](C)C(=O)[C@]2(C)CN(C)[C@H]3C(=O)O[C@](C)([C@@H](CC)OC(=O)[C@H](C)C(O[C@H]4C[C@@](C)(OC)[C@@H](O)[C@H](C)O4)[C@@H](C)[C@H]1O[C@@H]1O[C@H](C)C[C@H](N(C)C)[C@H]1O)[C@H]32. The van der Waals surface area contributed by atoms with Gasteiger partial charge in [0.1, 0.15) is 36.7 Å². The van der Waals surface area contributed by atoms with Gasteiger partial charge in [-0.2, -0.15) is 0 Å². The molecule has 59 heavy (non-hydrogen) atoms. The molecular formula is C44H72N2O13. The molecule has 0 spiro atoms. The zero-order chi connectivity index (χ0) is 44.2. The third-order valence-corrected chi connectivity index (χ3v) is 14.5. The van der Waals surface area contributed by atoms with Crippen LogP contribution in [-0.4, -0.2) is 163 Å². The van der Waals surface area contributed by atoms with E-state index in [4.69, 9.17) is 44.3 Å². The number of terminal acetylenes is 1. The van der Waals surface area contributed by atoms with Crippen molar-refractivity contribution < 1.29 is 62.5 Å². The number of hydrogen-bond acceptors (Lipinski definition) is 15. The molecule has 15 nitrogen and oxygen atoms in total. The molecule has 0 aromatic rings. The second kappa shape index (κ2) is 17.9. The predicted octanol–water partition coefficient (Wildman–Crippen LogP) is 2.95. The van der Waals surface area contributed by atoms with Gasteiger partial charge in [-0.3, -0.25) is 19.3 Å². The smallest absolute Gasteiger partial charge is 0.324 e. The number of aliphatic hydroxyl groups is 2. The van der Waals surface area contributed by atoms with E-state index in [1.807, 2.05) is 72.5 Å². The number of ether oxygens (including phenoxy) is 8. The highest BCUT2D eigenvalue weighted by Crippen LogP contribution is 2.56. The number of aliphatic hydroxyl groups excluding tert-OH is 2. The van der Waals surface area contributed by atoms with E-state index in [0.29, 0.717) is 12.8 Å². The molecule has 0 aromatic heterocycles. The highest BCUT2D eigenvalue weighted by Gasteiger charge is 2.71. The number of methoxy groups -OCH3 is 1. The molecule has 19 atom stereocenters. The fraction of sp³-hybridized carbons (Fsp3) is 0.886. The second-order valence-corrected chi connectivity index (χ2v) is 19.3. The van der Waals surface area contributed by atoms with E-state index in [-0.39, 0.29) is 43.9 Å². The third kappa shape index (κ3) is 8.75. The van der Waals surface area contributed by atoms with Gasteiger partial charge >= 0.3 is 11.9 Å². The fourth-order valence-electron chi connectivity index (χ4n) is 11.4. The van der Waals surface area contributed by atoms with Crippen LogP contribution >= 0.6 is 0 Å². The summed E-state index contributed by atoms with van der Waals surface area (Å²) in [5.41, 5.74) is -4.84. The average Bonchev–Trinajstić information content (AvgIpc) is 3.63. The molecule has 336 valence electrons. The minimum absolute atomic E-state index is 0.105. The molecule has 0 amide bonds. The van der Waals surface area contributed by atoms with E-state index in [1.165, 1.54) is 7.11 Å². The van der Waals surface area contributed by atoms with Crippen LogP contribution in [0.1, 0.15) is 94.9 Å². The van der Waals surface area contributed by atoms with Crippen molar-refractivity contribution >= 4 is 17.7 Å². The summed E-state index contributed by atoms with van der Waals surface area (Å²) >= 11 is 0. The molecule has 2 N–H and O–H groups in total. The van der Waals surface area contributed by atoms with Crippen LogP contribution < -0.4 is 0 Å². The van der Waals surface area contributed by atoms with Crippen LogP contribution in [0, 0.1) is 41.4 Å². The van der Waals surface area contributed by atoms with Crippen LogP contribution in [0.25, 0.3) is 0 Å². The topological polar surface area (TPSA) is 172 Å². The van der Waals surface area contributed by atoms with Crippen molar-refractivity contribution in [1.82, 2.24) is 9.80 Å². The van der Waals surface area contributed by atoms with Gasteiger partial charge in [-0.25, -0.2) is 0 Å². The van der Waals surface area contributed by atoms with Crippen molar-refractivity contribution in [2.24, 2.45) is 29.1 Å². The Balaban J connectivity index is 1.70. The second-order valence-electron chi connectivity index (χ2n) is 19.3. The van der Waals surface area contributed by atoms with Crippen LogP contribution in [0.15, 0.2) is 0 Å². The van der Waals surface area contributed by atoms with E-state index in [9.17, 15) is 19.8 Å². The zero-order valence-electron chi connectivity index (χ0n) is 37.8. The number of ketones is 1. The van der Waals surface area contributed by atoms with E-state index in [2.05, 4.69) is 5.92 Å². The van der Waals surface area contributed by atoms with Crippen molar-refractivity contribution in [1.29, 1.82) is 0 Å². The van der Waals surface area contributed by atoms with Gasteiger partial charge in [0.25, 0.3) is 0 Å². The number of cyclic esters (lactones) is 1. The van der Waals surface area contributed by atoms with E-state index in [0.717, 1.165) is 0 Å². The minimum atomic E-state index is -1.36. The summed E-state index contributed by atoms with van der Waals surface area (Å²) in [7, 11) is 7.09. The highest BCUT2D eigenvalue weighted by atomic mass is 16.7. The first-order chi connectivity index (χ1) is 27.4.